The third-order valence-electron chi connectivity index (χ3n) is 3.32. The molecule has 1 atom stereocenters. The zero-order chi connectivity index (χ0) is 12.5. The predicted molar refractivity (Wildman–Crippen MR) is 67.3 cm³/mol. The van der Waals surface area contributed by atoms with E-state index in [1.165, 1.54) is 11.1 Å². The molecule has 0 aliphatic heterocycles. The number of ether oxygens (including phenoxy) is 1. The van der Waals surface area contributed by atoms with E-state index in [1.54, 1.807) is 0 Å². The van der Waals surface area contributed by atoms with Crippen LogP contribution in [-0.4, -0.2) is 5.16 Å². The van der Waals surface area contributed by atoms with Crippen LogP contribution in [0.4, 0.5) is 0 Å². The first-order valence-corrected chi connectivity index (χ1v) is 6.16. The third-order valence-corrected chi connectivity index (χ3v) is 3.32. The SMILES string of the molecule is Cc1cc(COc2cccc3c2CCC3N)on1. The molecule has 2 N–H and O–H groups in total. The molecule has 4 heteroatoms. The minimum absolute atomic E-state index is 0.149. The quantitative estimate of drug-likeness (QED) is 0.901. The van der Waals surface area contributed by atoms with E-state index in [-0.39, 0.29) is 6.04 Å². The van der Waals surface area contributed by atoms with E-state index in [4.69, 9.17) is 15.0 Å². The van der Waals surface area contributed by atoms with Gasteiger partial charge in [-0.25, -0.2) is 0 Å². The summed E-state index contributed by atoms with van der Waals surface area (Å²) in [5.41, 5.74) is 9.36. The number of aromatic nitrogens is 1. The van der Waals surface area contributed by atoms with Gasteiger partial charge in [0.15, 0.2) is 5.76 Å². The fraction of sp³-hybridized carbons (Fsp3) is 0.357. The van der Waals surface area contributed by atoms with Crippen LogP contribution in [0.15, 0.2) is 28.8 Å². The van der Waals surface area contributed by atoms with E-state index >= 15 is 0 Å². The van der Waals surface area contributed by atoms with Crippen molar-refractivity contribution in [1.82, 2.24) is 5.16 Å². The molecule has 1 aromatic heterocycles. The van der Waals surface area contributed by atoms with E-state index in [0.29, 0.717) is 6.61 Å². The Hall–Kier alpha value is -1.81. The standard InChI is InChI=1S/C14H16N2O2/c1-9-7-10(18-16-9)8-17-14-4-2-3-11-12(14)5-6-13(11)15/h2-4,7,13H,5-6,8,15H2,1H3. The number of fused-ring (bicyclic) bond motifs is 1. The van der Waals surface area contributed by atoms with E-state index < -0.39 is 0 Å². The Morgan fingerprint density at radius 2 is 2.39 bits per heavy atom. The number of aryl methyl sites for hydroxylation is 1. The van der Waals surface area contributed by atoms with E-state index in [0.717, 1.165) is 30.0 Å². The molecule has 1 aromatic carbocycles. The molecule has 0 saturated heterocycles. The van der Waals surface area contributed by atoms with Crippen molar-refractivity contribution < 1.29 is 9.26 Å². The van der Waals surface area contributed by atoms with Gasteiger partial charge in [-0.1, -0.05) is 17.3 Å². The summed E-state index contributed by atoms with van der Waals surface area (Å²) in [7, 11) is 0. The molecule has 4 nitrogen and oxygen atoms in total. The number of nitrogens with two attached hydrogens (primary N) is 1. The Kier molecular flexibility index (Phi) is 2.80. The number of nitrogens with zero attached hydrogens (tertiary/aromatic N) is 1. The Morgan fingerprint density at radius 3 is 3.17 bits per heavy atom. The summed E-state index contributed by atoms with van der Waals surface area (Å²) in [4.78, 5) is 0. The average molecular weight is 244 g/mol. The Bertz CT molecular complexity index is 563. The van der Waals surface area contributed by atoms with Crippen molar-refractivity contribution >= 4 is 0 Å². The van der Waals surface area contributed by atoms with Gasteiger partial charge in [0.25, 0.3) is 0 Å². The molecule has 1 unspecified atom stereocenters. The van der Waals surface area contributed by atoms with Gasteiger partial charge in [-0.2, -0.15) is 0 Å². The third kappa shape index (κ3) is 1.99. The molecule has 0 amide bonds. The molecule has 0 spiro atoms. The molecule has 18 heavy (non-hydrogen) atoms. The lowest BCUT2D eigenvalue weighted by molar-refractivity contribution is 0.247. The van der Waals surface area contributed by atoms with Gasteiger partial charge in [-0.05, 0) is 37.0 Å². The molecule has 0 fully saturated rings. The van der Waals surface area contributed by atoms with Crippen LogP contribution in [0.25, 0.3) is 0 Å². The summed E-state index contributed by atoms with van der Waals surface area (Å²) in [6.07, 6.45) is 1.99. The molecule has 1 aliphatic rings. The van der Waals surface area contributed by atoms with Crippen molar-refractivity contribution in [1.29, 1.82) is 0 Å². The summed E-state index contributed by atoms with van der Waals surface area (Å²) in [5.74, 6) is 1.65. The molecule has 1 heterocycles. The second kappa shape index (κ2) is 4.46. The largest absolute Gasteiger partial charge is 0.485 e. The summed E-state index contributed by atoms with van der Waals surface area (Å²) >= 11 is 0. The first kappa shape index (κ1) is 11.3. The molecule has 0 bridgehead atoms. The van der Waals surface area contributed by atoms with Crippen LogP contribution in [0.3, 0.4) is 0 Å². The van der Waals surface area contributed by atoms with E-state index in [1.807, 2.05) is 25.1 Å². The van der Waals surface area contributed by atoms with Gasteiger partial charge in [-0.15, -0.1) is 0 Å². The first-order chi connectivity index (χ1) is 8.74. The topological polar surface area (TPSA) is 61.3 Å². The van der Waals surface area contributed by atoms with Crippen LogP contribution in [-0.2, 0) is 13.0 Å². The predicted octanol–water partition coefficient (Wildman–Crippen LogP) is 2.51. The fourth-order valence-electron chi connectivity index (χ4n) is 2.42. The van der Waals surface area contributed by atoms with Gasteiger partial charge in [0.05, 0.1) is 5.69 Å². The van der Waals surface area contributed by atoms with Crippen LogP contribution >= 0.6 is 0 Å². The highest BCUT2D eigenvalue weighted by Crippen LogP contribution is 2.35. The van der Waals surface area contributed by atoms with Gasteiger partial charge in [0.2, 0.25) is 0 Å². The number of hydrogen-bond donors (Lipinski definition) is 1. The van der Waals surface area contributed by atoms with Gasteiger partial charge in [-0.3, -0.25) is 0 Å². The zero-order valence-corrected chi connectivity index (χ0v) is 10.3. The number of benzene rings is 1. The molecule has 0 radical (unpaired) electrons. The van der Waals surface area contributed by atoms with Crippen molar-refractivity contribution in [2.45, 2.75) is 32.4 Å². The maximum absolute atomic E-state index is 6.04. The summed E-state index contributed by atoms with van der Waals surface area (Å²) in [6, 6.07) is 8.09. The molecular weight excluding hydrogens is 228 g/mol. The smallest absolute Gasteiger partial charge is 0.174 e. The first-order valence-electron chi connectivity index (χ1n) is 6.16. The maximum atomic E-state index is 6.04. The fourth-order valence-corrected chi connectivity index (χ4v) is 2.42. The molecule has 2 aromatic rings. The summed E-state index contributed by atoms with van der Waals surface area (Å²) < 4.78 is 10.9. The maximum Gasteiger partial charge on any atom is 0.174 e. The second-order valence-electron chi connectivity index (χ2n) is 4.69. The highest BCUT2D eigenvalue weighted by atomic mass is 16.5. The average Bonchev–Trinajstić information content (AvgIpc) is 2.94. The van der Waals surface area contributed by atoms with Gasteiger partial charge in [0, 0.05) is 12.1 Å². The van der Waals surface area contributed by atoms with Crippen molar-refractivity contribution in [3.05, 3.63) is 46.8 Å². The van der Waals surface area contributed by atoms with E-state index in [9.17, 15) is 0 Å². The molecule has 3 rings (SSSR count). The number of hydrogen-bond acceptors (Lipinski definition) is 4. The summed E-state index contributed by atoms with van der Waals surface area (Å²) in [6.45, 7) is 2.30. The van der Waals surface area contributed by atoms with E-state index in [2.05, 4.69) is 11.2 Å². The van der Waals surface area contributed by atoms with Crippen molar-refractivity contribution in [3.8, 4) is 5.75 Å². The van der Waals surface area contributed by atoms with Gasteiger partial charge >= 0.3 is 0 Å². The second-order valence-corrected chi connectivity index (χ2v) is 4.69. The monoisotopic (exact) mass is 244 g/mol. The van der Waals surface area contributed by atoms with Crippen molar-refractivity contribution in [2.24, 2.45) is 5.73 Å². The highest BCUT2D eigenvalue weighted by molar-refractivity contribution is 5.44. The minimum atomic E-state index is 0.149. The van der Waals surface area contributed by atoms with Crippen molar-refractivity contribution in [2.75, 3.05) is 0 Å². The molecule has 0 saturated carbocycles. The molecular formula is C14H16N2O2. The number of rotatable bonds is 3. The lowest BCUT2D eigenvalue weighted by atomic mass is 10.1. The lowest BCUT2D eigenvalue weighted by Crippen LogP contribution is -2.05. The van der Waals surface area contributed by atoms with Crippen LogP contribution in [0.2, 0.25) is 0 Å². The van der Waals surface area contributed by atoms with Crippen LogP contribution < -0.4 is 10.5 Å². The normalized spacial score (nSPS) is 17.8. The Balaban J connectivity index is 1.78. The van der Waals surface area contributed by atoms with Crippen LogP contribution in [0, 0.1) is 6.92 Å². The molecule has 1 aliphatic carbocycles. The molecule has 94 valence electrons. The minimum Gasteiger partial charge on any atom is -0.485 e. The Morgan fingerprint density at radius 1 is 1.50 bits per heavy atom. The van der Waals surface area contributed by atoms with Crippen LogP contribution in [0.5, 0.6) is 5.75 Å². The zero-order valence-electron chi connectivity index (χ0n) is 10.3. The highest BCUT2D eigenvalue weighted by Gasteiger charge is 2.22. The van der Waals surface area contributed by atoms with Crippen LogP contribution in [0.1, 0.15) is 35.0 Å². The Labute approximate surface area is 106 Å². The summed E-state index contributed by atoms with van der Waals surface area (Å²) in [5, 5.41) is 3.84. The van der Waals surface area contributed by atoms with Gasteiger partial charge < -0.3 is 15.0 Å². The lowest BCUT2D eigenvalue weighted by Gasteiger charge is -2.10. The van der Waals surface area contributed by atoms with Gasteiger partial charge in [0.1, 0.15) is 12.4 Å². The van der Waals surface area contributed by atoms with Crippen molar-refractivity contribution in [3.63, 3.8) is 0 Å².